The minimum absolute atomic E-state index is 0.0607. The van der Waals surface area contributed by atoms with E-state index in [0.717, 1.165) is 30.4 Å². The Kier molecular flexibility index (Phi) is 5.91. The number of nitrogens with one attached hydrogen (secondary N) is 1. The van der Waals surface area contributed by atoms with Crippen LogP contribution in [0.4, 0.5) is 5.13 Å². The van der Waals surface area contributed by atoms with E-state index in [0.29, 0.717) is 15.8 Å². The van der Waals surface area contributed by atoms with Crippen LogP contribution in [0, 0.1) is 0 Å². The summed E-state index contributed by atoms with van der Waals surface area (Å²) in [6, 6.07) is 14.0. The average molecular weight is 476 g/mol. The molecule has 0 radical (unpaired) electrons. The smallest absolute Gasteiger partial charge is 0.242 e. The molecule has 1 fully saturated rings. The molecule has 4 rings (SSSR count). The number of hydrogen-bond acceptors (Lipinski definition) is 5. The van der Waals surface area contributed by atoms with Crippen molar-refractivity contribution in [2.24, 2.45) is 0 Å². The highest BCUT2D eigenvalue weighted by molar-refractivity contribution is 7.89. The summed E-state index contributed by atoms with van der Waals surface area (Å²) in [4.78, 5) is 17.9. The van der Waals surface area contributed by atoms with Crippen LogP contribution in [0.1, 0.15) is 24.8 Å². The van der Waals surface area contributed by atoms with E-state index in [9.17, 15) is 13.2 Å². The first-order chi connectivity index (χ1) is 14.7. The molecule has 0 atom stereocenters. The van der Waals surface area contributed by atoms with E-state index in [1.54, 1.807) is 24.3 Å². The summed E-state index contributed by atoms with van der Waals surface area (Å²) in [5.41, 5.74) is 1.89. The highest BCUT2D eigenvalue weighted by atomic mass is 35.5. The Labute approximate surface area is 190 Å². The Morgan fingerprint density at radius 1 is 1.10 bits per heavy atom. The van der Waals surface area contributed by atoms with Crippen LogP contribution in [0.3, 0.4) is 0 Å². The molecule has 1 aliphatic carbocycles. The molecule has 1 aromatic heterocycles. The number of sulfonamides is 1. The van der Waals surface area contributed by atoms with Gasteiger partial charge in [0, 0.05) is 30.1 Å². The van der Waals surface area contributed by atoms with Gasteiger partial charge in [-0.25, -0.2) is 17.7 Å². The average Bonchev–Trinajstić information content (AvgIpc) is 3.17. The largest absolute Gasteiger partial charge is 0.301 e. The van der Waals surface area contributed by atoms with Gasteiger partial charge in [0.25, 0.3) is 0 Å². The number of carbonyl (C=O) groups excluding carboxylic acids is 1. The molecule has 0 saturated heterocycles. The van der Waals surface area contributed by atoms with Crippen molar-refractivity contribution in [3.8, 4) is 11.3 Å². The minimum Gasteiger partial charge on any atom is -0.301 e. The summed E-state index contributed by atoms with van der Waals surface area (Å²) >= 11 is 7.34. The summed E-state index contributed by atoms with van der Waals surface area (Å²) in [5, 5.41) is 5.98. The molecule has 0 spiro atoms. The number of halogens is 1. The van der Waals surface area contributed by atoms with Crippen molar-refractivity contribution in [1.82, 2.24) is 9.29 Å². The van der Waals surface area contributed by atoms with Crippen LogP contribution in [-0.2, 0) is 20.2 Å². The zero-order valence-electron chi connectivity index (χ0n) is 17.1. The van der Waals surface area contributed by atoms with Crippen LogP contribution in [0.2, 0.25) is 5.02 Å². The highest BCUT2D eigenvalue weighted by Crippen LogP contribution is 2.45. The molecule has 1 saturated carbocycles. The summed E-state index contributed by atoms with van der Waals surface area (Å²) in [6.07, 6.45) is 2.59. The third-order valence-corrected chi connectivity index (χ3v) is 8.53. The maximum absolute atomic E-state index is 13.1. The first-order valence-corrected chi connectivity index (χ1v) is 12.5. The molecule has 31 heavy (non-hydrogen) atoms. The molecule has 0 bridgehead atoms. The minimum atomic E-state index is -3.48. The highest BCUT2D eigenvalue weighted by Gasteiger charge is 2.45. The quantitative estimate of drug-likeness (QED) is 0.556. The van der Waals surface area contributed by atoms with E-state index < -0.39 is 15.4 Å². The predicted molar refractivity (Wildman–Crippen MR) is 124 cm³/mol. The van der Waals surface area contributed by atoms with E-state index in [1.807, 2.05) is 29.6 Å². The lowest BCUT2D eigenvalue weighted by molar-refractivity contribution is -0.124. The predicted octanol–water partition coefficient (Wildman–Crippen LogP) is 4.77. The molecule has 2 aromatic carbocycles. The summed E-state index contributed by atoms with van der Waals surface area (Å²) in [7, 11) is -0.483. The van der Waals surface area contributed by atoms with Crippen molar-refractivity contribution < 1.29 is 13.2 Å². The van der Waals surface area contributed by atoms with Gasteiger partial charge in [-0.05, 0) is 42.7 Å². The number of carbonyl (C=O) groups is 1. The van der Waals surface area contributed by atoms with Gasteiger partial charge in [0.05, 0.1) is 16.0 Å². The molecular formula is C22H22ClN3O3S2. The number of rotatable bonds is 6. The molecule has 3 aromatic rings. The number of amides is 1. The molecule has 6 nitrogen and oxygen atoms in total. The zero-order valence-corrected chi connectivity index (χ0v) is 19.5. The van der Waals surface area contributed by atoms with Gasteiger partial charge in [-0.15, -0.1) is 11.3 Å². The van der Waals surface area contributed by atoms with E-state index >= 15 is 0 Å². The fourth-order valence-electron chi connectivity index (χ4n) is 3.64. The number of hydrogen-bond donors (Lipinski definition) is 1. The van der Waals surface area contributed by atoms with Crippen LogP contribution in [0.25, 0.3) is 11.3 Å². The molecule has 1 heterocycles. The van der Waals surface area contributed by atoms with Crippen LogP contribution in [0.15, 0.2) is 58.8 Å². The first kappa shape index (κ1) is 22.0. The Morgan fingerprint density at radius 2 is 1.74 bits per heavy atom. The molecule has 162 valence electrons. The Balaban J connectivity index is 1.51. The lowest BCUT2D eigenvalue weighted by atomic mass is 9.64. The maximum Gasteiger partial charge on any atom is 0.242 e. The van der Waals surface area contributed by atoms with E-state index in [2.05, 4.69) is 10.3 Å². The van der Waals surface area contributed by atoms with Crippen LogP contribution in [0.5, 0.6) is 0 Å². The lowest BCUT2D eigenvalue weighted by Gasteiger charge is -2.40. The van der Waals surface area contributed by atoms with Crippen molar-refractivity contribution in [2.75, 3.05) is 19.4 Å². The van der Waals surface area contributed by atoms with E-state index in [4.69, 9.17) is 11.6 Å². The number of thiazole rings is 1. The van der Waals surface area contributed by atoms with Crippen molar-refractivity contribution in [1.29, 1.82) is 0 Å². The van der Waals surface area contributed by atoms with Gasteiger partial charge in [0.1, 0.15) is 0 Å². The normalized spacial score (nSPS) is 15.5. The fourth-order valence-corrected chi connectivity index (χ4v) is 5.38. The standard InChI is InChI=1S/C22H22ClN3O3S2/c1-26(2)31(28,29)18-10-4-15(5-11-18)19-14-30-21(24-19)25-20(27)22(12-3-13-22)16-6-8-17(23)9-7-16/h4-11,14H,3,12-13H2,1-2H3,(H,24,25,27). The summed E-state index contributed by atoms with van der Waals surface area (Å²) in [5.74, 6) is -0.0607. The van der Waals surface area contributed by atoms with Crippen molar-refractivity contribution in [3.63, 3.8) is 0 Å². The Morgan fingerprint density at radius 3 is 2.29 bits per heavy atom. The van der Waals surface area contributed by atoms with E-state index in [1.165, 1.54) is 29.7 Å². The zero-order chi connectivity index (χ0) is 22.2. The molecule has 1 amide bonds. The maximum atomic E-state index is 13.1. The van der Waals surface area contributed by atoms with Gasteiger partial charge < -0.3 is 5.32 Å². The van der Waals surface area contributed by atoms with Gasteiger partial charge in [-0.2, -0.15) is 0 Å². The second-order valence-corrected chi connectivity index (χ2v) is 11.2. The molecule has 0 aliphatic heterocycles. The topological polar surface area (TPSA) is 79.4 Å². The van der Waals surface area contributed by atoms with Gasteiger partial charge >= 0.3 is 0 Å². The van der Waals surface area contributed by atoms with Crippen molar-refractivity contribution >= 4 is 44.0 Å². The molecular weight excluding hydrogens is 454 g/mol. The monoisotopic (exact) mass is 475 g/mol. The van der Waals surface area contributed by atoms with Crippen molar-refractivity contribution in [3.05, 3.63) is 64.5 Å². The Hall–Kier alpha value is -2.26. The molecule has 0 unspecified atom stereocenters. The molecule has 1 N–H and O–H groups in total. The number of benzene rings is 2. The van der Waals surface area contributed by atoms with Gasteiger partial charge in [0.2, 0.25) is 15.9 Å². The summed E-state index contributed by atoms with van der Waals surface area (Å²) < 4.78 is 25.6. The number of aromatic nitrogens is 1. The van der Waals surface area contributed by atoms with Gasteiger partial charge in [0.15, 0.2) is 5.13 Å². The van der Waals surface area contributed by atoms with E-state index in [-0.39, 0.29) is 10.8 Å². The van der Waals surface area contributed by atoms with Gasteiger partial charge in [-0.1, -0.05) is 42.3 Å². The lowest BCUT2D eigenvalue weighted by Crippen LogP contribution is -2.45. The third kappa shape index (κ3) is 4.13. The van der Waals surface area contributed by atoms with Crippen LogP contribution in [-0.4, -0.2) is 37.7 Å². The number of anilines is 1. The third-order valence-electron chi connectivity index (χ3n) is 5.69. The first-order valence-electron chi connectivity index (χ1n) is 9.78. The molecule has 9 heteroatoms. The molecule has 1 aliphatic rings. The fraction of sp³-hybridized carbons (Fsp3) is 0.273. The SMILES string of the molecule is CN(C)S(=O)(=O)c1ccc(-c2csc(NC(=O)C3(c4ccc(Cl)cc4)CCC3)n2)cc1. The second kappa shape index (κ2) is 8.35. The van der Waals surface area contributed by atoms with Crippen LogP contribution < -0.4 is 5.32 Å². The van der Waals surface area contributed by atoms with Crippen LogP contribution >= 0.6 is 22.9 Å². The summed E-state index contributed by atoms with van der Waals surface area (Å²) in [6.45, 7) is 0. The van der Waals surface area contributed by atoms with Crippen molar-refractivity contribution in [2.45, 2.75) is 29.6 Å². The second-order valence-electron chi connectivity index (χ2n) is 7.75. The Bertz CT molecular complexity index is 1200. The number of nitrogens with zero attached hydrogens (tertiary/aromatic N) is 2. The van der Waals surface area contributed by atoms with Gasteiger partial charge in [-0.3, -0.25) is 4.79 Å².